The first-order valence-electron chi connectivity index (χ1n) is 6.69. The number of nitrogens with zero attached hydrogens (tertiary/aromatic N) is 3. The van der Waals surface area contributed by atoms with Crippen molar-refractivity contribution in [2.24, 2.45) is 5.92 Å². The Morgan fingerprint density at radius 3 is 2.94 bits per heavy atom. The van der Waals surface area contributed by atoms with Gasteiger partial charge in [0.15, 0.2) is 0 Å². The predicted octanol–water partition coefficient (Wildman–Crippen LogP) is 2.76. The molecule has 0 spiro atoms. The third-order valence-corrected chi connectivity index (χ3v) is 3.89. The van der Waals surface area contributed by atoms with E-state index in [9.17, 15) is 0 Å². The minimum absolute atomic E-state index is 0.744. The van der Waals surface area contributed by atoms with Crippen molar-refractivity contribution in [3.05, 3.63) is 47.0 Å². The van der Waals surface area contributed by atoms with Crippen molar-refractivity contribution in [1.29, 1.82) is 0 Å². The van der Waals surface area contributed by atoms with Crippen LogP contribution in [-0.4, -0.2) is 14.8 Å². The van der Waals surface area contributed by atoms with Crippen LogP contribution in [0.25, 0.3) is 0 Å². The summed E-state index contributed by atoms with van der Waals surface area (Å²) >= 11 is 0. The van der Waals surface area contributed by atoms with Gasteiger partial charge in [-0.05, 0) is 30.4 Å². The standard InChI is InChI=1S/C15H19N3/c1-11-7-8-18-14(9-11)16-17-15(18)10-13-6-4-3-5-12(13)2/h3-6,11H,7-10H2,1-2H3. The molecule has 1 atom stereocenters. The fourth-order valence-electron chi connectivity index (χ4n) is 2.65. The van der Waals surface area contributed by atoms with E-state index in [1.54, 1.807) is 0 Å². The molecule has 1 aliphatic heterocycles. The summed E-state index contributed by atoms with van der Waals surface area (Å²) in [5, 5.41) is 8.73. The van der Waals surface area contributed by atoms with E-state index >= 15 is 0 Å². The van der Waals surface area contributed by atoms with E-state index in [2.05, 4.69) is 52.9 Å². The van der Waals surface area contributed by atoms with Crippen molar-refractivity contribution in [3.63, 3.8) is 0 Å². The lowest BCUT2D eigenvalue weighted by atomic mass is 10.00. The van der Waals surface area contributed by atoms with Crippen LogP contribution < -0.4 is 0 Å². The molecule has 0 saturated carbocycles. The van der Waals surface area contributed by atoms with Gasteiger partial charge in [-0.2, -0.15) is 0 Å². The summed E-state index contributed by atoms with van der Waals surface area (Å²) in [4.78, 5) is 0. The number of fused-ring (bicyclic) bond motifs is 1. The number of aromatic nitrogens is 3. The van der Waals surface area contributed by atoms with Crippen LogP contribution in [0.2, 0.25) is 0 Å². The van der Waals surface area contributed by atoms with Crippen LogP contribution in [0.4, 0.5) is 0 Å². The van der Waals surface area contributed by atoms with Gasteiger partial charge in [-0.1, -0.05) is 31.2 Å². The Morgan fingerprint density at radius 2 is 2.11 bits per heavy atom. The van der Waals surface area contributed by atoms with Crippen molar-refractivity contribution >= 4 is 0 Å². The molecule has 0 aliphatic carbocycles. The second-order valence-electron chi connectivity index (χ2n) is 5.39. The van der Waals surface area contributed by atoms with Crippen LogP contribution in [0.3, 0.4) is 0 Å². The highest BCUT2D eigenvalue weighted by Gasteiger charge is 2.20. The van der Waals surface area contributed by atoms with Crippen molar-refractivity contribution < 1.29 is 0 Å². The second-order valence-corrected chi connectivity index (χ2v) is 5.39. The first kappa shape index (κ1) is 11.5. The minimum atomic E-state index is 0.744. The van der Waals surface area contributed by atoms with Gasteiger partial charge in [0, 0.05) is 19.4 Å². The van der Waals surface area contributed by atoms with E-state index in [0.717, 1.165) is 37.0 Å². The van der Waals surface area contributed by atoms with E-state index in [0.29, 0.717) is 0 Å². The summed E-state index contributed by atoms with van der Waals surface area (Å²) < 4.78 is 2.31. The van der Waals surface area contributed by atoms with Gasteiger partial charge in [-0.3, -0.25) is 0 Å². The van der Waals surface area contributed by atoms with Gasteiger partial charge >= 0.3 is 0 Å². The molecule has 18 heavy (non-hydrogen) atoms. The Balaban J connectivity index is 1.88. The minimum Gasteiger partial charge on any atom is -0.315 e. The lowest BCUT2D eigenvalue weighted by molar-refractivity contribution is 0.404. The lowest BCUT2D eigenvalue weighted by Gasteiger charge is -2.20. The fraction of sp³-hybridized carbons (Fsp3) is 0.467. The van der Waals surface area contributed by atoms with Gasteiger partial charge in [-0.25, -0.2) is 0 Å². The molecule has 1 aromatic heterocycles. The average molecular weight is 241 g/mol. The van der Waals surface area contributed by atoms with Crippen LogP contribution in [-0.2, 0) is 19.4 Å². The van der Waals surface area contributed by atoms with E-state index in [-0.39, 0.29) is 0 Å². The molecule has 3 heteroatoms. The number of aryl methyl sites for hydroxylation is 1. The Labute approximate surface area is 108 Å². The van der Waals surface area contributed by atoms with Crippen molar-refractivity contribution in [2.45, 2.75) is 39.7 Å². The first-order valence-corrected chi connectivity index (χ1v) is 6.69. The summed E-state index contributed by atoms with van der Waals surface area (Å²) in [5.41, 5.74) is 2.69. The van der Waals surface area contributed by atoms with E-state index in [4.69, 9.17) is 0 Å². The SMILES string of the molecule is Cc1ccccc1Cc1nnc2n1CCC(C)C2. The molecule has 0 radical (unpaired) electrons. The van der Waals surface area contributed by atoms with Crippen molar-refractivity contribution in [3.8, 4) is 0 Å². The zero-order valence-corrected chi connectivity index (χ0v) is 11.1. The van der Waals surface area contributed by atoms with Gasteiger partial charge in [-0.15, -0.1) is 10.2 Å². The Kier molecular flexibility index (Phi) is 2.90. The smallest absolute Gasteiger partial charge is 0.137 e. The van der Waals surface area contributed by atoms with Gasteiger partial charge < -0.3 is 4.57 Å². The summed E-state index contributed by atoms with van der Waals surface area (Å²) in [6, 6.07) is 8.52. The van der Waals surface area contributed by atoms with Gasteiger partial charge in [0.2, 0.25) is 0 Å². The number of rotatable bonds is 2. The van der Waals surface area contributed by atoms with Crippen LogP contribution in [0, 0.1) is 12.8 Å². The molecule has 0 fully saturated rings. The Hall–Kier alpha value is -1.64. The highest BCUT2D eigenvalue weighted by molar-refractivity contribution is 5.28. The summed E-state index contributed by atoms with van der Waals surface area (Å²) in [5.74, 6) is 3.02. The van der Waals surface area contributed by atoms with Gasteiger partial charge in [0.25, 0.3) is 0 Å². The quantitative estimate of drug-likeness (QED) is 0.809. The molecule has 0 saturated heterocycles. The number of hydrogen-bond donors (Lipinski definition) is 0. The molecular weight excluding hydrogens is 222 g/mol. The molecule has 1 aliphatic rings. The monoisotopic (exact) mass is 241 g/mol. The Morgan fingerprint density at radius 1 is 1.28 bits per heavy atom. The van der Waals surface area contributed by atoms with Crippen molar-refractivity contribution in [2.75, 3.05) is 0 Å². The number of hydrogen-bond acceptors (Lipinski definition) is 2. The van der Waals surface area contributed by atoms with E-state index in [1.165, 1.54) is 17.5 Å². The number of benzene rings is 1. The normalized spacial score (nSPS) is 18.7. The maximum absolute atomic E-state index is 4.38. The van der Waals surface area contributed by atoms with Gasteiger partial charge in [0.05, 0.1) is 0 Å². The Bertz CT molecular complexity index is 557. The summed E-state index contributed by atoms with van der Waals surface area (Å²) in [6.07, 6.45) is 3.21. The molecule has 94 valence electrons. The fourth-order valence-corrected chi connectivity index (χ4v) is 2.65. The predicted molar refractivity (Wildman–Crippen MR) is 71.5 cm³/mol. The molecule has 0 bridgehead atoms. The molecule has 1 aromatic carbocycles. The van der Waals surface area contributed by atoms with Gasteiger partial charge in [0.1, 0.15) is 11.6 Å². The average Bonchev–Trinajstić information content (AvgIpc) is 2.74. The van der Waals surface area contributed by atoms with Crippen molar-refractivity contribution in [1.82, 2.24) is 14.8 Å². The summed E-state index contributed by atoms with van der Waals surface area (Å²) in [7, 11) is 0. The molecule has 3 nitrogen and oxygen atoms in total. The summed E-state index contributed by atoms with van der Waals surface area (Å²) in [6.45, 7) is 5.52. The maximum atomic E-state index is 4.38. The molecule has 3 rings (SSSR count). The largest absolute Gasteiger partial charge is 0.315 e. The zero-order valence-electron chi connectivity index (χ0n) is 11.1. The molecule has 2 heterocycles. The van der Waals surface area contributed by atoms with Crippen LogP contribution >= 0.6 is 0 Å². The van der Waals surface area contributed by atoms with Crippen LogP contribution in [0.15, 0.2) is 24.3 Å². The third-order valence-electron chi connectivity index (χ3n) is 3.89. The highest BCUT2D eigenvalue weighted by atomic mass is 15.3. The molecule has 1 unspecified atom stereocenters. The topological polar surface area (TPSA) is 30.7 Å². The lowest BCUT2D eigenvalue weighted by Crippen LogP contribution is -2.19. The van der Waals surface area contributed by atoms with Crippen LogP contribution in [0.5, 0.6) is 0 Å². The molecule has 0 N–H and O–H groups in total. The molecule has 0 amide bonds. The second kappa shape index (κ2) is 4.56. The maximum Gasteiger partial charge on any atom is 0.137 e. The molecule has 2 aromatic rings. The molecular formula is C15H19N3. The first-order chi connectivity index (χ1) is 8.74. The highest BCUT2D eigenvalue weighted by Crippen LogP contribution is 2.21. The van der Waals surface area contributed by atoms with E-state index in [1.807, 2.05) is 0 Å². The third kappa shape index (κ3) is 2.05. The van der Waals surface area contributed by atoms with E-state index < -0.39 is 0 Å². The van der Waals surface area contributed by atoms with Crippen LogP contribution in [0.1, 0.15) is 36.1 Å². The zero-order chi connectivity index (χ0) is 12.5.